The number of rotatable bonds is 6. The van der Waals surface area contributed by atoms with Crippen molar-refractivity contribution < 1.29 is 4.79 Å². The molecule has 0 aromatic heterocycles. The lowest BCUT2D eigenvalue weighted by Crippen LogP contribution is -2.49. The Balaban J connectivity index is 1.42. The van der Waals surface area contributed by atoms with Crippen LogP contribution >= 0.6 is 23.2 Å². The number of carbonyl (C=O) groups excluding carboxylic acids is 1. The van der Waals surface area contributed by atoms with Gasteiger partial charge in [0.05, 0.1) is 12.6 Å². The molecule has 4 nitrogen and oxygen atoms in total. The number of nitrogens with one attached hydrogen (secondary N) is 1. The van der Waals surface area contributed by atoms with Gasteiger partial charge in [-0.3, -0.25) is 14.6 Å². The van der Waals surface area contributed by atoms with E-state index in [1.807, 2.05) is 43.3 Å². The minimum absolute atomic E-state index is 0.0357. The molecule has 0 saturated carbocycles. The Morgan fingerprint density at radius 3 is 2.30 bits per heavy atom. The lowest BCUT2D eigenvalue weighted by Gasteiger charge is -2.34. The predicted octanol–water partition coefficient (Wildman–Crippen LogP) is 3.99. The van der Waals surface area contributed by atoms with Crippen LogP contribution in [0.1, 0.15) is 24.1 Å². The van der Waals surface area contributed by atoms with Gasteiger partial charge in [0, 0.05) is 42.8 Å². The molecular weight excluding hydrogens is 381 g/mol. The van der Waals surface area contributed by atoms with Gasteiger partial charge < -0.3 is 5.32 Å². The first-order valence-corrected chi connectivity index (χ1v) is 10.00. The second-order valence-corrected chi connectivity index (χ2v) is 7.83. The van der Waals surface area contributed by atoms with E-state index in [9.17, 15) is 4.79 Å². The largest absolute Gasteiger partial charge is 0.348 e. The van der Waals surface area contributed by atoms with Crippen LogP contribution in [0.5, 0.6) is 0 Å². The molecule has 1 heterocycles. The molecule has 0 bridgehead atoms. The first kappa shape index (κ1) is 20.2. The maximum absolute atomic E-state index is 12.4. The van der Waals surface area contributed by atoms with Crippen LogP contribution in [0, 0.1) is 0 Å². The highest BCUT2D eigenvalue weighted by molar-refractivity contribution is 6.31. The quantitative estimate of drug-likeness (QED) is 0.788. The maximum atomic E-state index is 12.4. The zero-order chi connectivity index (χ0) is 19.2. The Labute approximate surface area is 171 Å². The van der Waals surface area contributed by atoms with Crippen LogP contribution in [-0.4, -0.2) is 48.4 Å². The third-order valence-electron chi connectivity index (χ3n) is 4.90. The highest BCUT2D eigenvalue weighted by Crippen LogP contribution is 2.22. The Morgan fingerprint density at radius 1 is 1.00 bits per heavy atom. The van der Waals surface area contributed by atoms with Gasteiger partial charge in [0.15, 0.2) is 0 Å². The van der Waals surface area contributed by atoms with Crippen molar-refractivity contribution in [3.8, 4) is 0 Å². The zero-order valence-corrected chi connectivity index (χ0v) is 17.0. The summed E-state index contributed by atoms with van der Waals surface area (Å²) in [4.78, 5) is 17.0. The number of hydrogen-bond donors (Lipinski definition) is 1. The van der Waals surface area contributed by atoms with Gasteiger partial charge in [-0.05, 0) is 36.2 Å². The van der Waals surface area contributed by atoms with Crippen LogP contribution in [0.2, 0.25) is 10.0 Å². The molecule has 6 heteroatoms. The van der Waals surface area contributed by atoms with E-state index in [1.165, 1.54) is 5.56 Å². The summed E-state index contributed by atoms with van der Waals surface area (Å²) in [5, 5.41) is 4.50. The van der Waals surface area contributed by atoms with Gasteiger partial charge in [-0.2, -0.15) is 0 Å². The van der Waals surface area contributed by atoms with E-state index in [0.717, 1.165) is 43.3 Å². The molecule has 1 fully saturated rings. The summed E-state index contributed by atoms with van der Waals surface area (Å²) < 4.78 is 0. The van der Waals surface area contributed by atoms with E-state index < -0.39 is 0 Å². The van der Waals surface area contributed by atoms with Crippen molar-refractivity contribution in [3.05, 3.63) is 69.7 Å². The molecule has 1 N–H and O–H groups in total. The van der Waals surface area contributed by atoms with Crippen molar-refractivity contribution >= 4 is 29.1 Å². The van der Waals surface area contributed by atoms with Crippen LogP contribution in [0.3, 0.4) is 0 Å². The first-order chi connectivity index (χ1) is 13.0. The smallest absolute Gasteiger partial charge is 0.234 e. The fourth-order valence-electron chi connectivity index (χ4n) is 3.35. The van der Waals surface area contributed by atoms with Crippen LogP contribution < -0.4 is 5.32 Å². The van der Waals surface area contributed by atoms with E-state index in [1.54, 1.807) is 0 Å². The van der Waals surface area contributed by atoms with Crippen molar-refractivity contribution in [3.63, 3.8) is 0 Å². The summed E-state index contributed by atoms with van der Waals surface area (Å²) in [6.07, 6.45) is 0. The van der Waals surface area contributed by atoms with E-state index >= 15 is 0 Å². The number of piperazine rings is 1. The Hall–Kier alpha value is -1.59. The number of halogens is 2. The molecule has 1 aliphatic heterocycles. The molecule has 1 saturated heterocycles. The van der Waals surface area contributed by atoms with Crippen molar-refractivity contribution in [2.75, 3.05) is 32.7 Å². The topological polar surface area (TPSA) is 35.6 Å². The summed E-state index contributed by atoms with van der Waals surface area (Å²) in [5.41, 5.74) is 2.21. The van der Waals surface area contributed by atoms with Gasteiger partial charge in [0.1, 0.15) is 0 Å². The summed E-state index contributed by atoms with van der Waals surface area (Å²) in [5.74, 6) is 0.0357. The van der Waals surface area contributed by atoms with Gasteiger partial charge in [-0.25, -0.2) is 0 Å². The third-order valence-corrected chi connectivity index (χ3v) is 5.50. The summed E-state index contributed by atoms with van der Waals surface area (Å²) in [7, 11) is 0. The van der Waals surface area contributed by atoms with E-state index in [2.05, 4.69) is 27.2 Å². The SMILES string of the molecule is C[C@H](NC(=O)CN1CCN(Cc2ccc(Cl)cc2)CC1)c1ccccc1Cl. The number of benzene rings is 2. The van der Waals surface area contributed by atoms with Crippen molar-refractivity contribution in [2.24, 2.45) is 0 Å². The molecule has 0 aliphatic carbocycles. The molecule has 1 atom stereocenters. The molecule has 3 rings (SSSR count). The Bertz CT molecular complexity index is 758. The van der Waals surface area contributed by atoms with E-state index in [4.69, 9.17) is 23.2 Å². The van der Waals surface area contributed by atoms with Crippen molar-refractivity contribution in [2.45, 2.75) is 19.5 Å². The molecule has 2 aromatic carbocycles. The summed E-state index contributed by atoms with van der Waals surface area (Å²) in [6, 6.07) is 15.5. The molecule has 2 aromatic rings. The minimum Gasteiger partial charge on any atom is -0.348 e. The molecule has 0 radical (unpaired) electrons. The second-order valence-electron chi connectivity index (χ2n) is 6.99. The number of hydrogen-bond acceptors (Lipinski definition) is 3. The van der Waals surface area contributed by atoms with Crippen molar-refractivity contribution in [1.82, 2.24) is 15.1 Å². The lowest BCUT2D eigenvalue weighted by atomic mass is 10.1. The zero-order valence-electron chi connectivity index (χ0n) is 15.5. The molecule has 27 heavy (non-hydrogen) atoms. The van der Waals surface area contributed by atoms with Crippen LogP contribution in [0.15, 0.2) is 48.5 Å². The second kappa shape index (κ2) is 9.56. The fraction of sp³-hybridized carbons (Fsp3) is 0.381. The fourth-order valence-corrected chi connectivity index (χ4v) is 3.77. The third kappa shape index (κ3) is 5.94. The number of amides is 1. The molecule has 0 spiro atoms. The standard InChI is InChI=1S/C21H25Cl2N3O/c1-16(19-4-2-3-5-20(19)23)24-21(27)15-26-12-10-25(11-13-26)14-17-6-8-18(22)9-7-17/h2-9,16H,10-15H2,1H3,(H,24,27)/t16-/m0/s1. The van der Waals surface area contributed by atoms with Gasteiger partial charge in [0.25, 0.3) is 0 Å². The predicted molar refractivity (Wildman–Crippen MR) is 111 cm³/mol. The van der Waals surface area contributed by atoms with Gasteiger partial charge in [-0.1, -0.05) is 53.5 Å². The van der Waals surface area contributed by atoms with Crippen LogP contribution in [-0.2, 0) is 11.3 Å². The van der Waals surface area contributed by atoms with Crippen LogP contribution in [0.25, 0.3) is 0 Å². The highest BCUT2D eigenvalue weighted by atomic mass is 35.5. The van der Waals surface area contributed by atoms with E-state index in [-0.39, 0.29) is 11.9 Å². The average molecular weight is 406 g/mol. The average Bonchev–Trinajstić information content (AvgIpc) is 2.65. The molecular formula is C21H25Cl2N3O. The minimum atomic E-state index is -0.0996. The summed E-state index contributed by atoms with van der Waals surface area (Å²) in [6.45, 7) is 6.99. The lowest BCUT2D eigenvalue weighted by molar-refractivity contribution is -0.123. The number of nitrogens with zero attached hydrogens (tertiary/aromatic N) is 2. The Morgan fingerprint density at radius 2 is 1.63 bits per heavy atom. The monoisotopic (exact) mass is 405 g/mol. The number of carbonyl (C=O) groups is 1. The highest BCUT2D eigenvalue weighted by Gasteiger charge is 2.20. The Kier molecular flexibility index (Phi) is 7.13. The molecule has 144 valence electrons. The first-order valence-electron chi connectivity index (χ1n) is 9.24. The van der Waals surface area contributed by atoms with E-state index in [0.29, 0.717) is 11.6 Å². The molecule has 0 unspecified atom stereocenters. The maximum Gasteiger partial charge on any atom is 0.234 e. The normalized spacial score (nSPS) is 16.9. The molecule has 1 aliphatic rings. The van der Waals surface area contributed by atoms with Crippen molar-refractivity contribution in [1.29, 1.82) is 0 Å². The van der Waals surface area contributed by atoms with Crippen LogP contribution in [0.4, 0.5) is 0 Å². The molecule has 1 amide bonds. The summed E-state index contributed by atoms with van der Waals surface area (Å²) >= 11 is 12.2. The van der Waals surface area contributed by atoms with Gasteiger partial charge in [-0.15, -0.1) is 0 Å². The van der Waals surface area contributed by atoms with Gasteiger partial charge in [0.2, 0.25) is 5.91 Å². The van der Waals surface area contributed by atoms with Gasteiger partial charge >= 0.3 is 0 Å².